The number of hydrogen-bond acceptors (Lipinski definition) is 6. The van der Waals surface area contributed by atoms with Crippen LogP contribution in [-0.4, -0.2) is 27.4 Å². The number of ether oxygens (including phenoxy) is 2. The van der Waals surface area contributed by atoms with Crippen molar-refractivity contribution in [1.29, 1.82) is 0 Å². The van der Waals surface area contributed by atoms with Gasteiger partial charge in [0, 0.05) is 18.3 Å². The Bertz CT molecular complexity index is 755. The predicted molar refractivity (Wildman–Crippen MR) is 75.1 cm³/mol. The third-order valence-corrected chi connectivity index (χ3v) is 3.16. The molecule has 1 N–H and O–H groups in total. The first-order valence-electron chi connectivity index (χ1n) is 6.51. The van der Waals surface area contributed by atoms with Crippen molar-refractivity contribution >= 4 is 17.3 Å². The minimum absolute atomic E-state index is 0.0924. The highest BCUT2D eigenvalue weighted by Crippen LogP contribution is 2.34. The Hall–Kier alpha value is -3.10. The number of nitrogens with one attached hydrogen (secondary N) is 1. The van der Waals surface area contributed by atoms with E-state index in [4.69, 9.17) is 9.47 Å². The van der Waals surface area contributed by atoms with Crippen molar-refractivity contribution < 1.29 is 19.2 Å². The number of hydrogen-bond donors (Lipinski definition) is 1. The van der Waals surface area contributed by atoms with Crippen LogP contribution in [0.15, 0.2) is 24.4 Å². The van der Waals surface area contributed by atoms with Crippen LogP contribution in [0.2, 0.25) is 0 Å². The highest BCUT2D eigenvalue weighted by Gasteiger charge is 2.26. The van der Waals surface area contributed by atoms with E-state index in [1.165, 1.54) is 4.68 Å². The summed E-state index contributed by atoms with van der Waals surface area (Å²) in [6.07, 6.45) is 1.07. The van der Waals surface area contributed by atoms with E-state index >= 15 is 0 Å². The Morgan fingerprint density at radius 3 is 2.95 bits per heavy atom. The number of amides is 1. The van der Waals surface area contributed by atoms with Crippen LogP contribution < -0.4 is 14.8 Å². The average Bonchev–Trinajstić information content (AvgIpc) is 3.12. The number of aryl methyl sites for hydroxylation is 1. The molecule has 0 atom stereocenters. The summed E-state index contributed by atoms with van der Waals surface area (Å²) in [5, 5.41) is 17.4. The summed E-state index contributed by atoms with van der Waals surface area (Å²) >= 11 is 0. The first-order chi connectivity index (χ1) is 10.6. The van der Waals surface area contributed by atoms with Crippen molar-refractivity contribution in [2.45, 2.75) is 13.5 Å². The van der Waals surface area contributed by atoms with E-state index in [9.17, 15) is 14.9 Å². The monoisotopic (exact) mass is 304 g/mol. The summed E-state index contributed by atoms with van der Waals surface area (Å²) in [5.74, 6) is 0.490. The molecule has 1 amide bonds. The van der Waals surface area contributed by atoms with Crippen molar-refractivity contribution in [3.05, 3.63) is 40.2 Å². The second kappa shape index (κ2) is 5.35. The van der Waals surface area contributed by atoms with Crippen LogP contribution in [0, 0.1) is 10.1 Å². The van der Waals surface area contributed by atoms with E-state index in [0.29, 0.717) is 23.7 Å². The van der Waals surface area contributed by atoms with E-state index in [1.807, 2.05) is 0 Å². The van der Waals surface area contributed by atoms with Crippen LogP contribution in [0.4, 0.5) is 11.4 Å². The lowest BCUT2D eigenvalue weighted by atomic mass is 10.2. The number of carbonyl (C=O) groups excluding carboxylic acids is 1. The molecular weight excluding hydrogens is 292 g/mol. The Kier molecular flexibility index (Phi) is 3.37. The topological polar surface area (TPSA) is 109 Å². The first-order valence-corrected chi connectivity index (χ1v) is 6.51. The summed E-state index contributed by atoms with van der Waals surface area (Å²) in [6.45, 7) is 2.21. The van der Waals surface area contributed by atoms with Crippen LogP contribution in [-0.2, 0) is 6.54 Å². The maximum atomic E-state index is 12.3. The summed E-state index contributed by atoms with van der Waals surface area (Å²) < 4.78 is 11.7. The van der Waals surface area contributed by atoms with Gasteiger partial charge in [0.1, 0.15) is 6.20 Å². The number of anilines is 1. The van der Waals surface area contributed by atoms with Crippen LogP contribution in [0.5, 0.6) is 11.5 Å². The van der Waals surface area contributed by atoms with Crippen molar-refractivity contribution in [1.82, 2.24) is 9.78 Å². The molecule has 1 aliphatic heterocycles. The summed E-state index contributed by atoms with van der Waals surface area (Å²) in [6, 6.07) is 4.88. The third-order valence-electron chi connectivity index (χ3n) is 3.16. The third kappa shape index (κ3) is 2.32. The van der Waals surface area contributed by atoms with Gasteiger partial charge in [-0.05, 0) is 19.1 Å². The lowest BCUT2D eigenvalue weighted by molar-refractivity contribution is -0.385. The Morgan fingerprint density at radius 1 is 1.45 bits per heavy atom. The Morgan fingerprint density at radius 2 is 2.23 bits per heavy atom. The van der Waals surface area contributed by atoms with E-state index in [2.05, 4.69) is 10.4 Å². The summed E-state index contributed by atoms with van der Waals surface area (Å²) in [7, 11) is 0. The second-order valence-electron chi connectivity index (χ2n) is 4.47. The zero-order valence-electron chi connectivity index (χ0n) is 11.6. The van der Waals surface area contributed by atoms with Gasteiger partial charge in [0.2, 0.25) is 12.5 Å². The van der Waals surface area contributed by atoms with E-state index < -0.39 is 10.8 Å². The molecule has 0 aliphatic carbocycles. The number of nitrogens with zero attached hydrogens (tertiary/aromatic N) is 3. The van der Waals surface area contributed by atoms with Crippen molar-refractivity contribution in [3.63, 3.8) is 0 Å². The van der Waals surface area contributed by atoms with Crippen LogP contribution in [0.3, 0.4) is 0 Å². The quantitative estimate of drug-likeness (QED) is 0.681. The number of benzene rings is 1. The SMILES string of the molecule is CCn1ncc([N+](=O)[O-])c1C(=O)Nc1ccc2c(c1)OCO2. The molecule has 1 aromatic heterocycles. The molecule has 1 aliphatic rings. The highest BCUT2D eigenvalue weighted by molar-refractivity contribution is 6.05. The number of fused-ring (bicyclic) bond motifs is 1. The molecule has 0 unspecified atom stereocenters. The van der Waals surface area contributed by atoms with Gasteiger partial charge in [0.15, 0.2) is 11.5 Å². The molecule has 1 aromatic carbocycles. The van der Waals surface area contributed by atoms with Gasteiger partial charge < -0.3 is 14.8 Å². The van der Waals surface area contributed by atoms with Gasteiger partial charge in [-0.15, -0.1) is 0 Å². The maximum Gasteiger partial charge on any atom is 0.320 e. The molecule has 0 spiro atoms. The Labute approximate surface area is 124 Å². The van der Waals surface area contributed by atoms with Gasteiger partial charge in [-0.25, -0.2) is 0 Å². The fraction of sp³-hybridized carbons (Fsp3) is 0.231. The average molecular weight is 304 g/mol. The first kappa shape index (κ1) is 13.9. The molecule has 2 aromatic rings. The van der Waals surface area contributed by atoms with Crippen molar-refractivity contribution in [3.8, 4) is 11.5 Å². The lowest BCUT2D eigenvalue weighted by Gasteiger charge is -2.07. The molecular formula is C13H12N4O5. The van der Waals surface area contributed by atoms with Crippen molar-refractivity contribution in [2.24, 2.45) is 0 Å². The molecule has 2 heterocycles. The molecule has 114 valence electrons. The largest absolute Gasteiger partial charge is 0.454 e. The summed E-state index contributed by atoms with van der Waals surface area (Å²) in [4.78, 5) is 22.7. The van der Waals surface area contributed by atoms with Gasteiger partial charge in [-0.1, -0.05) is 0 Å². The lowest BCUT2D eigenvalue weighted by Crippen LogP contribution is -2.18. The zero-order valence-corrected chi connectivity index (χ0v) is 11.6. The zero-order chi connectivity index (χ0) is 15.7. The molecule has 0 fully saturated rings. The van der Waals surface area contributed by atoms with Gasteiger partial charge in [0.25, 0.3) is 5.91 Å². The number of aromatic nitrogens is 2. The smallest absolute Gasteiger partial charge is 0.320 e. The normalized spacial score (nSPS) is 12.2. The predicted octanol–water partition coefficient (Wildman–Crippen LogP) is 1.79. The second-order valence-corrected chi connectivity index (χ2v) is 4.47. The molecule has 0 saturated heterocycles. The highest BCUT2D eigenvalue weighted by atomic mass is 16.7. The van der Waals surface area contributed by atoms with E-state index in [0.717, 1.165) is 6.20 Å². The molecule has 0 radical (unpaired) electrons. The van der Waals surface area contributed by atoms with E-state index in [-0.39, 0.29) is 18.2 Å². The number of nitro groups is 1. The number of rotatable bonds is 4. The van der Waals surface area contributed by atoms with Gasteiger partial charge in [-0.3, -0.25) is 19.6 Å². The van der Waals surface area contributed by atoms with E-state index in [1.54, 1.807) is 25.1 Å². The fourth-order valence-corrected chi connectivity index (χ4v) is 2.15. The maximum absolute atomic E-state index is 12.3. The Balaban J connectivity index is 1.89. The molecule has 9 heteroatoms. The van der Waals surface area contributed by atoms with Crippen LogP contribution >= 0.6 is 0 Å². The minimum Gasteiger partial charge on any atom is -0.454 e. The molecule has 0 bridgehead atoms. The molecule has 9 nitrogen and oxygen atoms in total. The molecule has 0 saturated carbocycles. The van der Waals surface area contributed by atoms with Crippen molar-refractivity contribution in [2.75, 3.05) is 12.1 Å². The van der Waals surface area contributed by atoms with Gasteiger partial charge >= 0.3 is 5.69 Å². The fourth-order valence-electron chi connectivity index (χ4n) is 2.15. The van der Waals surface area contributed by atoms with Crippen LogP contribution in [0.1, 0.15) is 17.4 Å². The van der Waals surface area contributed by atoms with Gasteiger partial charge in [-0.2, -0.15) is 5.10 Å². The van der Waals surface area contributed by atoms with Gasteiger partial charge in [0.05, 0.1) is 4.92 Å². The standard InChI is InChI=1S/C13H12N4O5/c1-2-16-12(9(6-14-16)17(19)20)13(18)15-8-3-4-10-11(5-8)22-7-21-10/h3-6H,2,7H2,1H3,(H,15,18). The minimum atomic E-state index is -0.631. The molecule has 3 rings (SSSR count). The molecule has 22 heavy (non-hydrogen) atoms. The summed E-state index contributed by atoms with van der Waals surface area (Å²) in [5.41, 5.74) is 0.0256. The number of carbonyl (C=O) groups is 1. The van der Waals surface area contributed by atoms with Crippen LogP contribution in [0.25, 0.3) is 0 Å².